The summed E-state index contributed by atoms with van der Waals surface area (Å²) >= 11 is 1.64. The number of aliphatic carboxylic acids is 1. The van der Waals surface area contributed by atoms with Gasteiger partial charge in [-0.25, -0.2) is 4.79 Å². The molecule has 1 aromatic rings. The monoisotopic (exact) mass is 269 g/mol. The molecule has 1 N–H and O–H groups in total. The van der Waals surface area contributed by atoms with Gasteiger partial charge in [0.1, 0.15) is 13.2 Å². The lowest BCUT2D eigenvalue weighted by molar-refractivity contribution is -0.146. The van der Waals surface area contributed by atoms with Gasteiger partial charge < -0.3 is 14.7 Å². The van der Waals surface area contributed by atoms with Crippen molar-refractivity contribution in [2.45, 2.75) is 18.9 Å². The van der Waals surface area contributed by atoms with Crippen LogP contribution in [0.25, 0.3) is 0 Å². The van der Waals surface area contributed by atoms with Crippen LogP contribution in [0.4, 0.5) is 0 Å². The van der Waals surface area contributed by atoms with E-state index in [1.165, 1.54) is 4.88 Å². The Hall–Kier alpha value is -1.40. The van der Waals surface area contributed by atoms with Gasteiger partial charge in [0, 0.05) is 11.4 Å². The van der Waals surface area contributed by atoms with Crippen LogP contribution in [0.2, 0.25) is 0 Å². The molecule has 1 amide bonds. The number of carbonyl (C=O) groups is 2. The number of ether oxygens (including phenoxy) is 1. The first kappa shape index (κ1) is 13.0. The fourth-order valence-electron chi connectivity index (χ4n) is 2.15. The van der Waals surface area contributed by atoms with E-state index in [9.17, 15) is 9.59 Å². The predicted octanol–water partition coefficient (Wildman–Crippen LogP) is 1.51. The number of hydrogen-bond acceptors (Lipinski definition) is 4. The van der Waals surface area contributed by atoms with E-state index in [0.717, 1.165) is 19.4 Å². The Morgan fingerprint density at radius 2 is 2.33 bits per heavy atom. The standard InChI is InChI=1S/C12H15NO4S/c14-11(7-17-8-12(15)16)13-5-1-3-9(13)10-4-2-6-18-10/h2,4,6,9H,1,3,5,7-8H2,(H,15,16). The third kappa shape index (κ3) is 3.08. The third-order valence-corrected chi connectivity index (χ3v) is 3.87. The van der Waals surface area contributed by atoms with Crippen molar-refractivity contribution in [3.05, 3.63) is 22.4 Å². The molecule has 98 valence electrons. The van der Waals surface area contributed by atoms with Crippen molar-refractivity contribution in [1.29, 1.82) is 0 Å². The zero-order valence-electron chi connectivity index (χ0n) is 9.87. The molecule has 2 heterocycles. The molecular formula is C12H15NO4S. The normalized spacial score (nSPS) is 19.1. The summed E-state index contributed by atoms with van der Waals surface area (Å²) in [4.78, 5) is 25.2. The maximum atomic E-state index is 11.9. The molecule has 1 fully saturated rings. The molecule has 0 aromatic carbocycles. The van der Waals surface area contributed by atoms with Crippen molar-refractivity contribution < 1.29 is 19.4 Å². The minimum Gasteiger partial charge on any atom is -0.480 e. The first-order chi connectivity index (χ1) is 8.68. The van der Waals surface area contributed by atoms with E-state index in [0.29, 0.717) is 0 Å². The van der Waals surface area contributed by atoms with Crippen LogP contribution in [0, 0.1) is 0 Å². The van der Waals surface area contributed by atoms with Crippen molar-refractivity contribution in [2.75, 3.05) is 19.8 Å². The van der Waals surface area contributed by atoms with Crippen molar-refractivity contribution in [3.63, 3.8) is 0 Å². The van der Waals surface area contributed by atoms with Gasteiger partial charge in [0.2, 0.25) is 5.91 Å². The number of amides is 1. The molecule has 18 heavy (non-hydrogen) atoms. The summed E-state index contributed by atoms with van der Waals surface area (Å²) in [6.07, 6.45) is 1.94. The molecule has 0 bridgehead atoms. The minimum absolute atomic E-state index is 0.130. The van der Waals surface area contributed by atoms with E-state index in [-0.39, 0.29) is 18.6 Å². The van der Waals surface area contributed by atoms with Crippen LogP contribution in [0.5, 0.6) is 0 Å². The maximum absolute atomic E-state index is 11.9. The van der Waals surface area contributed by atoms with E-state index in [2.05, 4.69) is 0 Å². The smallest absolute Gasteiger partial charge is 0.329 e. The highest BCUT2D eigenvalue weighted by Crippen LogP contribution is 2.34. The van der Waals surface area contributed by atoms with Crippen LogP contribution in [-0.4, -0.2) is 41.6 Å². The Kier molecular flexibility index (Phi) is 4.33. The second kappa shape index (κ2) is 5.97. The van der Waals surface area contributed by atoms with Crippen LogP contribution in [-0.2, 0) is 14.3 Å². The van der Waals surface area contributed by atoms with Crippen molar-refractivity contribution >= 4 is 23.2 Å². The molecule has 5 nitrogen and oxygen atoms in total. The zero-order valence-corrected chi connectivity index (χ0v) is 10.7. The molecule has 1 aliphatic rings. The van der Waals surface area contributed by atoms with Crippen LogP contribution in [0.1, 0.15) is 23.8 Å². The van der Waals surface area contributed by atoms with E-state index in [4.69, 9.17) is 9.84 Å². The molecule has 2 rings (SSSR count). The average molecular weight is 269 g/mol. The molecule has 0 spiro atoms. The van der Waals surface area contributed by atoms with Gasteiger partial charge in [-0.2, -0.15) is 0 Å². The first-order valence-electron chi connectivity index (χ1n) is 5.81. The summed E-state index contributed by atoms with van der Waals surface area (Å²) in [5.41, 5.74) is 0. The topological polar surface area (TPSA) is 66.8 Å². The first-order valence-corrected chi connectivity index (χ1v) is 6.69. The average Bonchev–Trinajstić information content (AvgIpc) is 2.99. The molecule has 1 atom stereocenters. The highest BCUT2D eigenvalue weighted by atomic mass is 32.1. The van der Waals surface area contributed by atoms with Gasteiger partial charge in [0.25, 0.3) is 0 Å². The van der Waals surface area contributed by atoms with E-state index < -0.39 is 12.6 Å². The van der Waals surface area contributed by atoms with E-state index in [1.807, 2.05) is 17.5 Å². The Bertz CT molecular complexity index is 418. The van der Waals surface area contributed by atoms with E-state index in [1.54, 1.807) is 16.2 Å². The quantitative estimate of drug-likeness (QED) is 0.880. The van der Waals surface area contributed by atoms with Crippen LogP contribution >= 0.6 is 11.3 Å². The molecule has 0 aliphatic carbocycles. The molecule has 1 unspecified atom stereocenters. The Morgan fingerprint density at radius 1 is 1.50 bits per heavy atom. The lowest BCUT2D eigenvalue weighted by Gasteiger charge is -2.23. The molecule has 1 saturated heterocycles. The highest BCUT2D eigenvalue weighted by Gasteiger charge is 2.30. The van der Waals surface area contributed by atoms with Crippen molar-refractivity contribution in [1.82, 2.24) is 4.90 Å². The van der Waals surface area contributed by atoms with Crippen LogP contribution in [0.15, 0.2) is 17.5 Å². The summed E-state index contributed by atoms with van der Waals surface area (Å²) < 4.78 is 4.85. The van der Waals surface area contributed by atoms with Crippen molar-refractivity contribution in [3.8, 4) is 0 Å². The van der Waals surface area contributed by atoms with Gasteiger partial charge in [-0.3, -0.25) is 4.79 Å². The summed E-state index contributed by atoms with van der Waals surface area (Å²) in [7, 11) is 0. The highest BCUT2D eigenvalue weighted by molar-refractivity contribution is 7.10. The largest absolute Gasteiger partial charge is 0.480 e. The number of carboxylic acid groups (broad SMARTS) is 1. The lowest BCUT2D eigenvalue weighted by atomic mass is 10.2. The van der Waals surface area contributed by atoms with Gasteiger partial charge >= 0.3 is 5.97 Å². The van der Waals surface area contributed by atoms with Gasteiger partial charge in [-0.15, -0.1) is 11.3 Å². The number of rotatable bonds is 5. The Morgan fingerprint density at radius 3 is 3.00 bits per heavy atom. The fraction of sp³-hybridized carbons (Fsp3) is 0.500. The van der Waals surface area contributed by atoms with Gasteiger partial charge in [-0.05, 0) is 24.3 Å². The summed E-state index contributed by atoms with van der Waals surface area (Å²) in [6, 6.07) is 4.13. The van der Waals surface area contributed by atoms with Crippen LogP contribution < -0.4 is 0 Å². The number of carboxylic acids is 1. The molecule has 1 aliphatic heterocycles. The number of likely N-dealkylation sites (tertiary alicyclic amines) is 1. The molecule has 0 radical (unpaired) electrons. The maximum Gasteiger partial charge on any atom is 0.329 e. The van der Waals surface area contributed by atoms with E-state index >= 15 is 0 Å². The zero-order chi connectivity index (χ0) is 13.0. The lowest BCUT2D eigenvalue weighted by Crippen LogP contribution is -2.33. The van der Waals surface area contributed by atoms with Gasteiger partial charge in [-0.1, -0.05) is 6.07 Å². The van der Waals surface area contributed by atoms with Crippen molar-refractivity contribution in [2.24, 2.45) is 0 Å². The fourth-order valence-corrected chi connectivity index (χ4v) is 3.02. The molecular weight excluding hydrogens is 254 g/mol. The number of nitrogens with zero attached hydrogens (tertiary/aromatic N) is 1. The van der Waals surface area contributed by atoms with Crippen LogP contribution in [0.3, 0.4) is 0 Å². The third-order valence-electron chi connectivity index (χ3n) is 2.90. The number of thiophene rings is 1. The second-order valence-corrected chi connectivity index (χ2v) is 5.13. The molecule has 6 heteroatoms. The van der Waals surface area contributed by atoms with Gasteiger partial charge in [0.05, 0.1) is 6.04 Å². The summed E-state index contributed by atoms with van der Waals surface area (Å²) in [5, 5.41) is 10.4. The second-order valence-electron chi connectivity index (χ2n) is 4.15. The number of carbonyl (C=O) groups excluding carboxylic acids is 1. The predicted molar refractivity (Wildman–Crippen MR) is 66.5 cm³/mol. The number of hydrogen-bond donors (Lipinski definition) is 1. The molecule has 0 saturated carbocycles. The minimum atomic E-state index is -1.06. The Labute approximate surface area is 109 Å². The Balaban J connectivity index is 1.91. The van der Waals surface area contributed by atoms with Gasteiger partial charge in [0.15, 0.2) is 0 Å². The summed E-state index contributed by atoms with van der Waals surface area (Å²) in [6.45, 7) is 0.134. The molecule has 1 aromatic heterocycles. The summed E-state index contributed by atoms with van der Waals surface area (Å²) in [5.74, 6) is -1.19. The SMILES string of the molecule is O=C(O)COCC(=O)N1CCCC1c1cccs1.